The minimum absolute atomic E-state index is 0.0110. The monoisotopic (exact) mass is 408 g/mol. The Morgan fingerprint density at radius 1 is 1.21 bits per heavy atom. The minimum atomic E-state index is -4.19. The Balaban J connectivity index is 1.71. The second-order valence-electron chi connectivity index (χ2n) is 7.05. The van der Waals surface area contributed by atoms with Gasteiger partial charge in [-0.2, -0.15) is 13.2 Å². The lowest BCUT2D eigenvalue weighted by molar-refractivity contribution is -0.183. The summed E-state index contributed by atoms with van der Waals surface area (Å²) >= 11 is 5.33. The standard InChI is InChI=1S/C19H19F3N4OS/c20-19(21,22)12-5-7-23-14(9-12)13-4-2-1-3-11(13)10-26-15-6-8-24-16(15)17(27)25-18(26)28/h1-4,6,8,12,14,23-24H,5,7,9-10H2,(H,25,27,28). The summed E-state index contributed by atoms with van der Waals surface area (Å²) in [4.78, 5) is 17.6. The second kappa shape index (κ2) is 7.21. The highest BCUT2D eigenvalue weighted by Gasteiger charge is 2.42. The van der Waals surface area contributed by atoms with Crippen LogP contribution >= 0.6 is 12.2 Å². The molecule has 0 amide bonds. The van der Waals surface area contributed by atoms with Crippen LogP contribution in [-0.2, 0) is 6.54 Å². The molecule has 1 fully saturated rings. The quantitative estimate of drug-likeness (QED) is 0.573. The maximum Gasteiger partial charge on any atom is 0.391 e. The summed E-state index contributed by atoms with van der Waals surface area (Å²) in [5, 5.41) is 3.22. The van der Waals surface area contributed by atoms with Crippen molar-refractivity contribution in [3.8, 4) is 0 Å². The van der Waals surface area contributed by atoms with Crippen molar-refractivity contribution < 1.29 is 13.2 Å². The number of benzene rings is 1. The molecular weight excluding hydrogens is 389 g/mol. The predicted molar refractivity (Wildman–Crippen MR) is 103 cm³/mol. The Kier molecular flexibility index (Phi) is 4.88. The van der Waals surface area contributed by atoms with Crippen LogP contribution in [0.3, 0.4) is 0 Å². The fraction of sp³-hybridized carbons (Fsp3) is 0.368. The van der Waals surface area contributed by atoms with Crippen LogP contribution in [0.4, 0.5) is 13.2 Å². The molecular formula is C19H19F3N4OS. The molecule has 4 rings (SSSR count). The zero-order chi connectivity index (χ0) is 19.9. The van der Waals surface area contributed by atoms with Crippen molar-refractivity contribution in [1.82, 2.24) is 19.9 Å². The molecule has 2 unspecified atom stereocenters. The van der Waals surface area contributed by atoms with Gasteiger partial charge in [0, 0.05) is 12.2 Å². The highest BCUT2D eigenvalue weighted by atomic mass is 32.1. The number of rotatable bonds is 3. The van der Waals surface area contributed by atoms with Crippen LogP contribution < -0.4 is 10.9 Å². The number of hydrogen-bond donors (Lipinski definition) is 3. The Hall–Kier alpha value is -2.39. The van der Waals surface area contributed by atoms with E-state index in [1.165, 1.54) is 0 Å². The SMILES string of the molecule is O=c1[nH]c(=S)n(Cc2ccccc2C2CC(C(F)(F)F)CCN2)c2cc[nH]c12. The van der Waals surface area contributed by atoms with Gasteiger partial charge >= 0.3 is 6.18 Å². The van der Waals surface area contributed by atoms with Crippen LogP contribution in [0, 0.1) is 10.7 Å². The number of fused-ring (bicyclic) bond motifs is 1. The number of alkyl halides is 3. The summed E-state index contributed by atoms with van der Waals surface area (Å²) < 4.78 is 41.7. The fourth-order valence-corrected chi connectivity index (χ4v) is 4.16. The van der Waals surface area contributed by atoms with Crippen LogP contribution in [0.15, 0.2) is 41.3 Å². The Morgan fingerprint density at radius 3 is 2.79 bits per heavy atom. The lowest BCUT2D eigenvalue weighted by Crippen LogP contribution is -2.38. The average molecular weight is 408 g/mol. The van der Waals surface area contributed by atoms with E-state index in [1.54, 1.807) is 16.8 Å². The molecule has 9 heteroatoms. The second-order valence-corrected chi connectivity index (χ2v) is 7.44. The van der Waals surface area contributed by atoms with Gasteiger partial charge in [-0.3, -0.25) is 9.78 Å². The first-order chi connectivity index (χ1) is 13.3. The molecule has 5 nitrogen and oxygen atoms in total. The van der Waals surface area contributed by atoms with Crippen molar-refractivity contribution in [2.75, 3.05) is 6.54 Å². The number of H-pyrrole nitrogens is 2. The van der Waals surface area contributed by atoms with Gasteiger partial charge in [-0.25, -0.2) is 0 Å². The zero-order valence-electron chi connectivity index (χ0n) is 14.8. The van der Waals surface area contributed by atoms with Crippen LogP contribution in [0.25, 0.3) is 11.0 Å². The number of aromatic nitrogens is 3. The van der Waals surface area contributed by atoms with Crippen molar-refractivity contribution in [2.24, 2.45) is 5.92 Å². The lowest BCUT2D eigenvalue weighted by Gasteiger charge is -2.33. The first-order valence-corrected chi connectivity index (χ1v) is 9.43. The Bertz CT molecular complexity index is 1110. The molecule has 0 saturated carbocycles. The summed E-state index contributed by atoms with van der Waals surface area (Å²) in [7, 11) is 0. The molecule has 3 N–H and O–H groups in total. The van der Waals surface area contributed by atoms with Gasteiger partial charge in [0.2, 0.25) is 0 Å². The van der Waals surface area contributed by atoms with Crippen molar-refractivity contribution in [1.29, 1.82) is 0 Å². The van der Waals surface area contributed by atoms with Crippen LogP contribution in [0.1, 0.15) is 30.0 Å². The highest BCUT2D eigenvalue weighted by molar-refractivity contribution is 7.71. The summed E-state index contributed by atoms with van der Waals surface area (Å²) in [5.41, 5.74) is 2.48. The maximum absolute atomic E-state index is 13.2. The average Bonchev–Trinajstić information content (AvgIpc) is 3.15. The summed E-state index contributed by atoms with van der Waals surface area (Å²) in [6, 6.07) is 8.81. The molecule has 0 radical (unpaired) electrons. The Labute approximate surface area is 163 Å². The largest absolute Gasteiger partial charge is 0.391 e. The smallest absolute Gasteiger partial charge is 0.355 e. The van der Waals surface area contributed by atoms with E-state index < -0.39 is 12.1 Å². The topological polar surface area (TPSA) is 65.6 Å². The third-order valence-corrected chi connectivity index (χ3v) is 5.66. The molecule has 1 aliphatic heterocycles. The molecule has 0 bridgehead atoms. The van der Waals surface area contributed by atoms with Gasteiger partial charge in [0.1, 0.15) is 5.52 Å². The zero-order valence-corrected chi connectivity index (χ0v) is 15.7. The van der Waals surface area contributed by atoms with E-state index in [2.05, 4.69) is 15.3 Å². The molecule has 0 aliphatic carbocycles. The third-order valence-electron chi connectivity index (χ3n) is 5.33. The fourth-order valence-electron chi connectivity index (χ4n) is 3.90. The van der Waals surface area contributed by atoms with Crippen LogP contribution in [-0.4, -0.2) is 27.3 Å². The van der Waals surface area contributed by atoms with Crippen LogP contribution in [0.5, 0.6) is 0 Å². The van der Waals surface area contributed by atoms with Crippen molar-refractivity contribution in [2.45, 2.75) is 31.6 Å². The molecule has 1 saturated heterocycles. The first-order valence-electron chi connectivity index (χ1n) is 9.02. The number of piperidine rings is 1. The predicted octanol–water partition coefficient (Wildman–Crippen LogP) is 4.04. The van der Waals surface area contributed by atoms with E-state index in [0.29, 0.717) is 24.1 Å². The molecule has 1 aliphatic rings. The van der Waals surface area contributed by atoms with E-state index in [0.717, 1.165) is 11.1 Å². The van der Waals surface area contributed by atoms with Gasteiger partial charge < -0.3 is 14.9 Å². The van der Waals surface area contributed by atoms with E-state index in [9.17, 15) is 18.0 Å². The number of halogens is 3. The maximum atomic E-state index is 13.2. The number of nitrogens with one attached hydrogen (secondary N) is 3. The summed E-state index contributed by atoms with van der Waals surface area (Å²) in [5.74, 6) is -1.31. The van der Waals surface area contributed by atoms with Gasteiger partial charge in [-0.15, -0.1) is 0 Å². The number of nitrogens with zero attached hydrogens (tertiary/aromatic N) is 1. The van der Waals surface area contributed by atoms with Gasteiger partial charge in [-0.05, 0) is 48.8 Å². The lowest BCUT2D eigenvalue weighted by atomic mass is 9.86. The summed E-state index contributed by atoms with van der Waals surface area (Å²) in [6.45, 7) is 0.679. The highest BCUT2D eigenvalue weighted by Crippen LogP contribution is 2.39. The van der Waals surface area contributed by atoms with E-state index >= 15 is 0 Å². The number of hydrogen-bond acceptors (Lipinski definition) is 3. The molecule has 3 heterocycles. The van der Waals surface area contributed by atoms with E-state index in [4.69, 9.17) is 12.2 Å². The first kappa shape index (κ1) is 18.9. The van der Waals surface area contributed by atoms with Gasteiger partial charge in [-0.1, -0.05) is 24.3 Å². The van der Waals surface area contributed by atoms with Crippen LogP contribution in [0.2, 0.25) is 0 Å². The van der Waals surface area contributed by atoms with Crippen molar-refractivity contribution in [3.63, 3.8) is 0 Å². The molecule has 1 aromatic carbocycles. The summed E-state index contributed by atoms with van der Waals surface area (Å²) in [6.07, 6.45) is -2.42. The van der Waals surface area contributed by atoms with Crippen molar-refractivity contribution >= 4 is 23.3 Å². The molecule has 2 atom stereocenters. The molecule has 2 aromatic heterocycles. The van der Waals surface area contributed by atoms with Crippen molar-refractivity contribution in [3.05, 3.63) is 62.8 Å². The van der Waals surface area contributed by atoms with Gasteiger partial charge in [0.05, 0.1) is 18.0 Å². The van der Waals surface area contributed by atoms with Gasteiger partial charge in [0.15, 0.2) is 4.77 Å². The van der Waals surface area contributed by atoms with Gasteiger partial charge in [0.25, 0.3) is 5.56 Å². The molecule has 148 valence electrons. The molecule has 0 spiro atoms. The molecule has 3 aromatic rings. The molecule has 28 heavy (non-hydrogen) atoms. The van der Waals surface area contributed by atoms with E-state index in [-0.39, 0.29) is 29.2 Å². The minimum Gasteiger partial charge on any atom is -0.355 e. The Morgan fingerprint density at radius 2 is 2.00 bits per heavy atom. The van der Waals surface area contributed by atoms with E-state index in [1.807, 2.05) is 24.3 Å². The number of aromatic amines is 2. The third kappa shape index (κ3) is 3.51. The normalized spacial score (nSPS) is 20.5.